The molecule has 32 heavy (non-hydrogen) atoms. The maximum atomic E-state index is 9.73. The second-order valence-corrected chi connectivity index (χ2v) is 8.37. The van der Waals surface area contributed by atoms with Crippen molar-refractivity contribution in [3.05, 3.63) is 95.6 Å². The standard InChI is InChI=1S/C27H28N4O/c1-19(2)15-23-17-21(10-13-28-23)25-18-22(11-14-32)27(31-30-25)24-9-6-12-29-26(24)16-20-7-4-3-5-8-20/h3-10,12-13,17-19,32H,11,14-16H2,1-2H3. The molecule has 0 fully saturated rings. The summed E-state index contributed by atoms with van der Waals surface area (Å²) in [4.78, 5) is 9.12. The maximum absolute atomic E-state index is 9.73. The van der Waals surface area contributed by atoms with Crippen LogP contribution in [0.1, 0.15) is 36.4 Å². The Balaban J connectivity index is 1.72. The molecule has 4 rings (SSSR count). The summed E-state index contributed by atoms with van der Waals surface area (Å²) in [7, 11) is 0. The van der Waals surface area contributed by atoms with Gasteiger partial charge < -0.3 is 5.11 Å². The lowest BCUT2D eigenvalue weighted by atomic mass is 9.98. The third-order valence-electron chi connectivity index (χ3n) is 5.34. The van der Waals surface area contributed by atoms with Gasteiger partial charge in [-0.1, -0.05) is 44.2 Å². The highest BCUT2D eigenvalue weighted by Crippen LogP contribution is 2.28. The van der Waals surface area contributed by atoms with Gasteiger partial charge in [0.05, 0.1) is 17.1 Å². The number of pyridine rings is 2. The number of aliphatic hydroxyl groups excluding tert-OH is 1. The first-order valence-corrected chi connectivity index (χ1v) is 11.0. The largest absolute Gasteiger partial charge is 0.396 e. The van der Waals surface area contributed by atoms with Crippen LogP contribution in [0.3, 0.4) is 0 Å². The lowest BCUT2D eigenvalue weighted by Gasteiger charge is -2.13. The van der Waals surface area contributed by atoms with Crippen LogP contribution in [0.25, 0.3) is 22.5 Å². The second kappa shape index (κ2) is 10.2. The normalized spacial score (nSPS) is 11.1. The number of aromatic nitrogens is 4. The number of hydrogen-bond donors (Lipinski definition) is 1. The number of benzene rings is 1. The fourth-order valence-corrected chi connectivity index (χ4v) is 3.86. The summed E-state index contributed by atoms with van der Waals surface area (Å²) >= 11 is 0. The lowest BCUT2D eigenvalue weighted by Crippen LogP contribution is -2.04. The molecular weight excluding hydrogens is 396 g/mol. The third-order valence-corrected chi connectivity index (χ3v) is 5.34. The van der Waals surface area contributed by atoms with Crippen molar-refractivity contribution in [2.45, 2.75) is 33.1 Å². The fourth-order valence-electron chi connectivity index (χ4n) is 3.86. The minimum absolute atomic E-state index is 0.0430. The average Bonchev–Trinajstić information content (AvgIpc) is 2.80. The van der Waals surface area contributed by atoms with Crippen molar-refractivity contribution < 1.29 is 5.11 Å². The van der Waals surface area contributed by atoms with Crippen LogP contribution >= 0.6 is 0 Å². The Morgan fingerprint density at radius 3 is 2.50 bits per heavy atom. The van der Waals surface area contributed by atoms with E-state index in [-0.39, 0.29) is 6.61 Å². The van der Waals surface area contributed by atoms with Gasteiger partial charge in [-0.15, -0.1) is 10.2 Å². The van der Waals surface area contributed by atoms with Gasteiger partial charge in [0.25, 0.3) is 0 Å². The van der Waals surface area contributed by atoms with Crippen molar-refractivity contribution >= 4 is 0 Å². The van der Waals surface area contributed by atoms with Gasteiger partial charge in [0.1, 0.15) is 0 Å². The molecule has 0 bridgehead atoms. The first-order chi connectivity index (χ1) is 15.6. The van der Waals surface area contributed by atoms with Crippen molar-refractivity contribution in [3.8, 4) is 22.5 Å². The molecule has 1 aromatic carbocycles. The predicted molar refractivity (Wildman–Crippen MR) is 127 cm³/mol. The summed E-state index contributed by atoms with van der Waals surface area (Å²) in [6.45, 7) is 4.41. The summed E-state index contributed by atoms with van der Waals surface area (Å²) < 4.78 is 0. The molecule has 0 amide bonds. The van der Waals surface area contributed by atoms with Crippen LogP contribution in [0.4, 0.5) is 0 Å². The summed E-state index contributed by atoms with van der Waals surface area (Å²) in [6, 6.07) is 20.3. The molecule has 5 nitrogen and oxygen atoms in total. The van der Waals surface area contributed by atoms with Gasteiger partial charge in [0, 0.05) is 42.2 Å². The Bertz CT molecular complexity index is 1180. The minimum atomic E-state index is 0.0430. The molecule has 5 heteroatoms. The van der Waals surface area contributed by atoms with Crippen LogP contribution in [0, 0.1) is 5.92 Å². The molecule has 0 saturated carbocycles. The highest BCUT2D eigenvalue weighted by Gasteiger charge is 2.15. The topological polar surface area (TPSA) is 71.8 Å². The molecule has 4 aromatic rings. The molecule has 0 spiro atoms. The zero-order valence-electron chi connectivity index (χ0n) is 18.6. The number of nitrogens with zero attached hydrogens (tertiary/aromatic N) is 4. The van der Waals surface area contributed by atoms with Crippen LogP contribution in [0.15, 0.2) is 73.1 Å². The summed E-state index contributed by atoms with van der Waals surface area (Å²) in [5.74, 6) is 0.532. The van der Waals surface area contributed by atoms with Crippen molar-refractivity contribution in [1.82, 2.24) is 20.2 Å². The summed E-state index contributed by atoms with van der Waals surface area (Å²) in [5.41, 5.74) is 7.65. The van der Waals surface area contributed by atoms with Crippen LogP contribution in [0.5, 0.6) is 0 Å². The van der Waals surface area contributed by atoms with Gasteiger partial charge >= 0.3 is 0 Å². The van der Waals surface area contributed by atoms with Crippen molar-refractivity contribution in [2.24, 2.45) is 5.92 Å². The van der Waals surface area contributed by atoms with E-state index in [1.54, 1.807) is 0 Å². The minimum Gasteiger partial charge on any atom is -0.396 e. The maximum Gasteiger partial charge on any atom is 0.0981 e. The van der Waals surface area contributed by atoms with E-state index < -0.39 is 0 Å². The smallest absolute Gasteiger partial charge is 0.0981 e. The molecular formula is C27H28N4O. The SMILES string of the molecule is CC(C)Cc1cc(-c2cc(CCO)c(-c3cccnc3Cc3ccccc3)nn2)ccn1. The molecule has 0 radical (unpaired) electrons. The van der Waals surface area contributed by atoms with E-state index in [4.69, 9.17) is 0 Å². The highest BCUT2D eigenvalue weighted by atomic mass is 16.2. The highest BCUT2D eigenvalue weighted by molar-refractivity contribution is 5.69. The Labute approximate surface area is 189 Å². The third kappa shape index (κ3) is 5.24. The van der Waals surface area contributed by atoms with Crippen LogP contribution in [-0.2, 0) is 19.3 Å². The first-order valence-electron chi connectivity index (χ1n) is 11.0. The summed E-state index contributed by atoms with van der Waals surface area (Å²) in [6.07, 6.45) is 5.76. The quantitative estimate of drug-likeness (QED) is 0.434. The van der Waals surface area contributed by atoms with E-state index in [2.05, 4.69) is 52.2 Å². The first kappa shape index (κ1) is 21.8. The zero-order chi connectivity index (χ0) is 22.3. The van der Waals surface area contributed by atoms with Gasteiger partial charge in [-0.25, -0.2) is 0 Å². The van der Waals surface area contributed by atoms with Crippen molar-refractivity contribution in [3.63, 3.8) is 0 Å². The second-order valence-electron chi connectivity index (χ2n) is 8.37. The van der Waals surface area contributed by atoms with Crippen LogP contribution < -0.4 is 0 Å². The summed E-state index contributed by atoms with van der Waals surface area (Å²) in [5, 5.41) is 18.9. The van der Waals surface area contributed by atoms with E-state index >= 15 is 0 Å². The Hall–Kier alpha value is -3.44. The Kier molecular flexibility index (Phi) is 6.97. The van der Waals surface area contributed by atoms with E-state index in [0.29, 0.717) is 18.8 Å². The molecule has 0 aliphatic heterocycles. The van der Waals surface area contributed by atoms with Crippen molar-refractivity contribution in [2.75, 3.05) is 6.61 Å². The zero-order valence-corrected chi connectivity index (χ0v) is 18.6. The van der Waals surface area contributed by atoms with E-state index in [9.17, 15) is 5.11 Å². The Morgan fingerprint density at radius 2 is 1.72 bits per heavy atom. The van der Waals surface area contributed by atoms with Crippen LogP contribution in [-0.4, -0.2) is 31.9 Å². The lowest BCUT2D eigenvalue weighted by molar-refractivity contribution is 0.299. The monoisotopic (exact) mass is 424 g/mol. The molecule has 3 heterocycles. The predicted octanol–water partition coefficient (Wildman–Crippen LogP) is 4.92. The molecule has 162 valence electrons. The van der Waals surface area contributed by atoms with E-state index in [1.165, 1.54) is 5.56 Å². The molecule has 0 saturated heterocycles. The van der Waals surface area contributed by atoms with Gasteiger partial charge in [-0.3, -0.25) is 9.97 Å². The van der Waals surface area contributed by atoms with Crippen molar-refractivity contribution in [1.29, 1.82) is 0 Å². The molecule has 0 unspecified atom stereocenters. The van der Waals surface area contributed by atoms with Gasteiger partial charge in [0.15, 0.2) is 0 Å². The number of rotatable bonds is 8. The molecule has 1 N–H and O–H groups in total. The number of aliphatic hydroxyl groups is 1. The average molecular weight is 425 g/mol. The van der Waals surface area contributed by atoms with Crippen LogP contribution in [0.2, 0.25) is 0 Å². The van der Waals surface area contributed by atoms with E-state index in [1.807, 2.05) is 54.9 Å². The molecule has 0 aliphatic rings. The van der Waals surface area contributed by atoms with Gasteiger partial charge in [-0.05, 0) is 60.2 Å². The Morgan fingerprint density at radius 1 is 0.875 bits per heavy atom. The fraction of sp³-hybridized carbons (Fsp3) is 0.259. The van der Waals surface area contributed by atoms with Gasteiger partial charge in [0.2, 0.25) is 0 Å². The van der Waals surface area contributed by atoms with Gasteiger partial charge in [-0.2, -0.15) is 0 Å². The number of hydrogen-bond acceptors (Lipinski definition) is 5. The molecule has 0 aliphatic carbocycles. The molecule has 0 atom stereocenters. The van der Waals surface area contributed by atoms with E-state index in [0.717, 1.165) is 45.9 Å². The molecule has 3 aromatic heterocycles.